The number of nitrogens with zero attached hydrogens (tertiary/aromatic N) is 2. The molecule has 0 saturated heterocycles. The number of carbonyl (C=O) groups is 1. The van der Waals surface area contributed by atoms with Crippen molar-refractivity contribution in [3.05, 3.63) is 95.8 Å². The third kappa shape index (κ3) is 4.10. The molecule has 0 saturated carbocycles. The molecule has 0 radical (unpaired) electrons. The molecule has 0 aliphatic heterocycles. The number of aromatic nitrogens is 1. The number of hydrogen-bond acceptors (Lipinski definition) is 3. The maximum absolute atomic E-state index is 12.9. The molecular formula is C21H17N3O. The highest BCUT2D eigenvalue weighted by atomic mass is 16.1. The summed E-state index contributed by atoms with van der Waals surface area (Å²) in [5.74, 6) is -0.485. The Labute approximate surface area is 146 Å². The average molecular weight is 327 g/mol. The summed E-state index contributed by atoms with van der Waals surface area (Å²) in [5.41, 5.74) is 2.95. The van der Waals surface area contributed by atoms with Crippen LogP contribution in [-0.2, 0) is 11.2 Å². The molecule has 1 amide bonds. The van der Waals surface area contributed by atoms with Crippen LogP contribution in [0.5, 0.6) is 0 Å². The minimum absolute atomic E-state index is 0.134. The van der Waals surface area contributed by atoms with Crippen LogP contribution in [0.2, 0.25) is 0 Å². The third-order valence-electron chi connectivity index (χ3n) is 4.01. The van der Waals surface area contributed by atoms with Crippen molar-refractivity contribution in [2.24, 2.45) is 0 Å². The maximum Gasteiger partial charge on any atom is 0.232 e. The SMILES string of the molecule is N#Cc1ccccc1NC(=O)C(Cc1ccncc1)c1ccccc1. The van der Waals surface area contributed by atoms with Crippen LogP contribution in [0, 0.1) is 11.3 Å². The Bertz CT molecular complexity index is 886. The van der Waals surface area contributed by atoms with Crippen LogP contribution in [0.4, 0.5) is 5.69 Å². The highest BCUT2D eigenvalue weighted by Crippen LogP contribution is 2.24. The number of pyridine rings is 1. The molecule has 3 rings (SSSR count). The first kappa shape index (κ1) is 16.4. The summed E-state index contributed by atoms with van der Waals surface area (Å²) >= 11 is 0. The predicted molar refractivity (Wildman–Crippen MR) is 96.9 cm³/mol. The molecular weight excluding hydrogens is 310 g/mol. The van der Waals surface area contributed by atoms with Crippen LogP contribution in [0.25, 0.3) is 0 Å². The zero-order chi connectivity index (χ0) is 17.5. The highest BCUT2D eigenvalue weighted by Gasteiger charge is 2.22. The van der Waals surface area contributed by atoms with Gasteiger partial charge in [0.05, 0.1) is 17.2 Å². The van der Waals surface area contributed by atoms with Gasteiger partial charge in [0.2, 0.25) is 5.91 Å². The summed E-state index contributed by atoms with van der Waals surface area (Å²) in [6.07, 6.45) is 4.01. The fourth-order valence-corrected chi connectivity index (χ4v) is 2.71. The quantitative estimate of drug-likeness (QED) is 0.772. The van der Waals surface area contributed by atoms with Gasteiger partial charge < -0.3 is 5.32 Å². The molecule has 1 atom stereocenters. The van der Waals surface area contributed by atoms with Crippen LogP contribution in [0.1, 0.15) is 22.6 Å². The lowest BCUT2D eigenvalue weighted by Crippen LogP contribution is -2.23. The Morgan fingerprint density at radius 2 is 1.68 bits per heavy atom. The van der Waals surface area contributed by atoms with Gasteiger partial charge in [-0.25, -0.2) is 0 Å². The largest absolute Gasteiger partial charge is 0.324 e. The number of hydrogen-bond donors (Lipinski definition) is 1. The molecule has 4 heteroatoms. The monoisotopic (exact) mass is 327 g/mol. The number of nitrogens with one attached hydrogen (secondary N) is 1. The lowest BCUT2D eigenvalue weighted by molar-refractivity contribution is -0.117. The second-order valence-electron chi connectivity index (χ2n) is 5.67. The van der Waals surface area contributed by atoms with Crippen LogP contribution in [0.3, 0.4) is 0 Å². The average Bonchev–Trinajstić information content (AvgIpc) is 2.68. The lowest BCUT2D eigenvalue weighted by Gasteiger charge is -2.18. The first-order chi connectivity index (χ1) is 12.3. The third-order valence-corrected chi connectivity index (χ3v) is 4.01. The molecule has 0 fully saturated rings. The predicted octanol–water partition coefficient (Wildman–Crippen LogP) is 3.92. The molecule has 2 aromatic carbocycles. The molecule has 0 aliphatic carbocycles. The van der Waals surface area contributed by atoms with Gasteiger partial charge in [-0.1, -0.05) is 42.5 Å². The van der Waals surface area contributed by atoms with Crippen molar-refractivity contribution in [2.45, 2.75) is 12.3 Å². The number of anilines is 1. The first-order valence-corrected chi connectivity index (χ1v) is 8.02. The number of carbonyl (C=O) groups excluding carboxylic acids is 1. The normalized spacial score (nSPS) is 11.3. The summed E-state index contributed by atoms with van der Waals surface area (Å²) in [4.78, 5) is 17.0. The topological polar surface area (TPSA) is 65.8 Å². The van der Waals surface area contributed by atoms with E-state index < -0.39 is 0 Å². The number of amides is 1. The molecule has 1 unspecified atom stereocenters. The van der Waals surface area contributed by atoms with Gasteiger partial charge in [-0.2, -0.15) is 5.26 Å². The van der Waals surface area contributed by atoms with Gasteiger partial charge in [0.1, 0.15) is 6.07 Å². The Morgan fingerprint density at radius 3 is 2.40 bits per heavy atom. The van der Waals surface area contributed by atoms with Gasteiger partial charge in [0, 0.05) is 12.4 Å². The van der Waals surface area contributed by atoms with Crippen LogP contribution in [-0.4, -0.2) is 10.9 Å². The van der Waals surface area contributed by atoms with Crippen molar-refractivity contribution in [1.29, 1.82) is 5.26 Å². The molecule has 3 aromatic rings. The van der Waals surface area contributed by atoms with E-state index in [9.17, 15) is 10.1 Å². The molecule has 0 bridgehead atoms. The second kappa shape index (κ2) is 7.89. The number of para-hydroxylation sites is 1. The Hall–Kier alpha value is -3.45. The van der Waals surface area contributed by atoms with E-state index in [4.69, 9.17) is 0 Å². The zero-order valence-electron chi connectivity index (χ0n) is 13.6. The van der Waals surface area contributed by atoms with Gasteiger partial charge in [-0.05, 0) is 41.8 Å². The summed E-state index contributed by atoms with van der Waals surface area (Å²) in [7, 11) is 0. The minimum atomic E-state index is -0.352. The van der Waals surface area contributed by atoms with E-state index in [1.165, 1.54) is 0 Å². The summed E-state index contributed by atoms with van der Waals surface area (Å²) in [5, 5.41) is 12.1. The fourth-order valence-electron chi connectivity index (χ4n) is 2.71. The van der Waals surface area contributed by atoms with Gasteiger partial charge >= 0.3 is 0 Å². The van der Waals surface area contributed by atoms with Crippen LogP contribution in [0.15, 0.2) is 79.1 Å². The molecule has 1 aromatic heterocycles. The van der Waals surface area contributed by atoms with Gasteiger partial charge in [0.15, 0.2) is 0 Å². The van der Waals surface area contributed by atoms with Gasteiger partial charge in [0.25, 0.3) is 0 Å². The van der Waals surface area contributed by atoms with Crippen molar-refractivity contribution >= 4 is 11.6 Å². The van der Waals surface area contributed by atoms with Gasteiger partial charge in [-0.3, -0.25) is 9.78 Å². The van der Waals surface area contributed by atoms with E-state index in [0.29, 0.717) is 17.7 Å². The van der Waals surface area contributed by atoms with Crippen molar-refractivity contribution < 1.29 is 4.79 Å². The Balaban J connectivity index is 1.88. The van der Waals surface area contributed by atoms with Crippen molar-refractivity contribution in [3.63, 3.8) is 0 Å². The summed E-state index contributed by atoms with van der Waals surface area (Å²) < 4.78 is 0. The number of rotatable bonds is 5. The molecule has 122 valence electrons. The van der Waals surface area contributed by atoms with E-state index in [-0.39, 0.29) is 11.8 Å². The molecule has 4 nitrogen and oxygen atoms in total. The van der Waals surface area contributed by atoms with E-state index in [1.54, 1.807) is 36.7 Å². The van der Waals surface area contributed by atoms with E-state index in [1.807, 2.05) is 42.5 Å². The van der Waals surface area contributed by atoms with Crippen molar-refractivity contribution in [1.82, 2.24) is 4.98 Å². The number of benzene rings is 2. The van der Waals surface area contributed by atoms with E-state index >= 15 is 0 Å². The van der Waals surface area contributed by atoms with Crippen molar-refractivity contribution in [3.8, 4) is 6.07 Å². The second-order valence-corrected chi connectivity index (χ2v) is 5.67. The van der Waals surface area contributed by atoms with Crippen LogP contribution >= 0.6 is 0 Å². The van der Waals surface area contributed by atoms with Crippen LogP contribution < -0.4 is 5.32 Å². The summed E-state index contributed by atoms with van der Waals surface area (Å²) in [6.45, 7) is 0. The van der Waals surface area contributed by atoms with Crippen molar-refractivity contribution in [2.75, 3.05) is 5.32 Å². The lowest BCUT2D eigenvalue weighted by atomic mass is 9.91. The minimum Gasteiger partial charge on any atom is -0.324 e. The van der Waals surface area contributed by atoms with E-state index in [2.05, 4.69) is 16.4 Å². The fraction of sp³-hybridized carbons (Fsp3) is 0.0952. The Morgan fingerprint density at radius 1 is 1.00 bits per heavy atom. The molecule has 25 heavy (non-hydrogen) atoms. The molecule has 0 spiro atoms. The standard InChI is InChI=1S/C21H17N3O/c22-15-18-8-4-5-9-20(18)24-21(25)19(17-6-2-1-3-7-17)14-16-10-12-23-13-11-16/h1-13,19H,14H2,(H,24,25). The molecule has 1 heterocycles. The highest BCUT2D eigenvalue weighted by molar-refractivity contribution is 5.97. The molecule has 1 N–H and O–H groups in total. The number of nitriles is 1. The Kier molecular flexibility index (Phi) is 5.18. The first-order valence-electron chi connectivity index (χ1n) is 8.02. The van der Waals surface area contributed by atoms with E-state index in [0.717, 1.165) is 11.1 Å². The smallest absolute Gasteiger partial charge is 0.232 e. The molecule has 0 aliphatic rings. The summed E-state index contributed by atoms with van der Waals surface area (Å²) in [6, 6.07) is 22.6. The zero-order valence-corrected chi connectivity index (χ0v) is 13.6. The van der Waals surface area contributed by atoms with Gasteiger partial charge in [-0.15, -0.1) is 0 Å². The maximum atomic E-state index is 12.9.